The fraction of sp³-hybridized carbons (Fsp3) is 0.611. The van der Waals surface area contributed by atoms with E-state index in [9.17, 15) is 0 Å². The van der Waals surface area contributed by atoms with Gasteiger partial charge in [-0.25, -0.2) is 4.98 Å². The molecule has 7 heteroatoms. The quantitative estimate of drug-likeness (QED) is 0.622. The fourth-order valence-electron chi connectivity index (χ4n) is 3.06. The molecular formula is C18H28N6O. The Hall–Kier alpha value is -2.31. The van der Waals surface area contributed by atoms with Crippen LogP contribution in [-0.2, 0) is 6.42 Å². The normalized spacial score (nSPS) is 17.7. The maximum Gasteiger partial charge on any atom is 0.194 e. The van der Waals surface area contributed by atoms with Crippen molar-refractivity contribution in [2.75, 3.05) is 19.6 Å². The monoisotopic (exact) mass is 344 g/mol. The lowest BCUT2D eigenvalue weighted by atomic mass is 9.96. The van der Waals surface area contributed by atoms with Gasteiger partial charge in [0, 0.05) is 38.0 Å². The second-order valence-corrected chi connectivity index (χ2v) is 6.62. The molecule has 2 aromatic rings. The number of aliphatic imine (C=N–C) groups is 1. The highest BCUT2D eigenvalue weighted by Crippen LogP contribution is 2.25. The van der Waals surface area contributed by atoms with E-state index in [1.54, 1.807) is 12.6 Å². The van der Waals surface area contributed by atoms with Crippen LogP contribution in [-0.4, -0.2) is 51.7 Å². The lowest BCUT2D eigenvalue weighted by Gasteiger charge is -2.34. The molecule has 3 heterocycles. The van der Waals surface area contributed by atoms with E-state index < -0.39 is 0 Å². The summed E-state index contributed by atoms with van der Waals surface area (Å²) in [4.78, 5) is 11.5. The van der Waals surface area contributed by atoms with Gasteiger partial charge in [0.1, 0.15) is 17.9 Å². The van der Waals surface area contributed by atoms with Gasteiger partial charge < -0.3 is 14.6 Å². The summed E-state index contributed by atoms with van der Waals surface area (Å²) in [7, 11) is 0. The van der Waals surface area contributed by atoms with Gasteiger partial charge in [0.2, 0.25) is 0 Å². The van der Waals surface area contributed by atoms with Gasteiger partial charge in [-0.2, -0.15) is 5.10 Å². The van der Waals surface area contributed by atoms with Crippen molar-refractivity contribution in [2.45, 2.75) is 51.5 Å². The number of aromatic nitrogens is 3. The lowest BCUT2D eigenvalue weighted by Crippen LogP contribution is -2.48. The van der Waals surface area contributed by atoms with Crippen molar-refractivity contribution in [1.82, 2.24) is 25.4 Å². The zero-order chi connectivity index (χ0) is 17.5. The topological polar surface area (TPSA) is 82.3 Å². The molecule has 0 saturated carbocycles. The summed E-state index contributed by atoms with van der Waals surface area (Å²) in [6, 6.07) is 4.33. The Morgan fingerprint density at radius 3 is 2.96 bits per heavy atom. The number of rotatable bonds is 6. The number of furan rings is 1. The number of likely N-dealkylation sites (tertiary alicyclic amines) is 1. The van der Waals surface area contributed by atoms with E-state index in [2.05, 4.69) is 39.2 Å². The van der Waals surface area contributed by atoms with Gasteiger partial charge in [0.15, 0.2) is 5.96 Å². The highest BCUT2D eigenvalue weighted by molar-refractivity contribution is 5.80. The van der Waals surface area contributed by atoms with Gasteiger partial charge in [-0.15, -0.1) is 0 Å². The second-order valence-electron chi connectivity index (χ2n) is 6.62. The average Bonchev–Trinajstić information content (AvgIpc) is 3.35. The van der Waals surface area contributed by atoms with Crippen LogP contribution in [0.1, 0.15) is 50.6 Å². The molecule has 0 bridgehead atoms. The van der Waals surface area contributed by atoms with Crippen LogP contribution in [0.2, 0.25) is 0 Å². The van der Waals surface area contributed by atoms with Crippen molar-refractivity contribution in [1.29, 1.82) is 0 Å². The van der Waals surface area contributed by atoms with Crippen LogP contribution < -0.4 is 5.32 Å². The zero-order valence-corrected chi connectivity index (χ0v) is 15.1. The van der Waals surface area contributed by atoms with Crippen molar-refractivity contribution in [3.63, 3.8) is 0 Å². The molecule has 2 N–H and O–H groups in total. The van der Waals surface area contributed by atoms with E-state index in [0.717, 1.165) is 62.9 Å². The van der Waals surface area contributed by atoms with Crippen molar-refractivity contribution >= 4 is 5.96 Å². The number of piperidine rings is 1. The number of hydrogen-bond acceptors (Lipinski definition) is 4. The smallest absolute Gasteiger partial charge is 0.194 e. The molecule has 0 amide bonds. The summed E-state index contributed by atoms with van der Waals surface area (Å²) in [5, 5.41) is 10.6. The summed E-state index contributed by atoms with van der Waals surface area (Å²) in [6.45, 7) is 7.08. The van der Waals surface area contributed by atoms with Crippen LogP contribution in [0.4, 0.5) is 0 Å². The Kier molecular flexibility index (Phi) is 6.09. The maximum absolute atomic E-state index is 5.40. The van der Waals surface area contributed by atoms with Crippen molar-refractivity contribution in [3.05, 3.63) is 36.3 Å². The highest BCUT2D eigenvalue weighted by atomic mass is 16.3. The SMILES string of the molecule is CCC(C)NC(=NCCc1ccco1)N1CCC(c2ncn[nH]2)CC1. The molecule has 0 radical (unpaired) electrons. The summed E-state index contributed by atoms with van der Waals surface area (Å²) in [6.07, 6.45) is 7.33. The van der Waals surface area contributed by atoms with Crippen molar-refractivity contribution < 1.29 is 4.42 Å². The predicted octanol–water partition coefficient (Wildman–Crippen LogP) is 2.56. The zero-order valence-electron chi connectivity index (χ0n) is 15.1. The van der Waals surface area contributed by atoms with E-state index in [4.69, 9.17) is 9.41 Å². The number of aromatic amines is 1. The number of hydrogen-bond donors (Lipinski definition) is 2. The van der Waals surface area contributed by atoms with Gasteiger partial charge in [0.25, 0.3) is 0 Å². The number of nitrogens with zero attached hydrogens (tertiary/aromatic N) is 4. The van der Waals surface area contributed by atoms with Gasteiger partial charge >= 0.3 is 0 Å². The molecule has 136 valence electrons. The molecule has 3 rings (SSSR count). The third-order valence-electron chi connectivity index (χ3n) is 4.80. The molecule has 2 aromatic heterocycles. The Balaban J connectivity index is 1.58. The molecule has 25 heavy (non-hydrogen) atoms. The summed E-state index contributed by atoms with van der Waals surface area (Å²) >= 11 is 0. The van der Waals surface area contributed by atoms with Crippen LogP contribution in [0.3, 0.4) is 0 Å². The molecule has 1 unspecified atom stereocenters. The molecular weight excluding hydrogens is 316 g/mol. The molecule has 1 atom stereocenters. The fourth-order valence-corrected chi connectivity index (χ4v) is 3.06. The minimum atomic E-state index is 0.411. The summed E-state index contributed by atoms with van der Waals surface area (Å²) < 4.78 is 5.40. The Bertz CT molecular complexity index is 629. The first kappa shape index (κ1) is 17.5. The van der Waals surface area contributed by atoms with Gasteiger partial charge in [0.05, 0.1) is 6.26 Å². The van der Waals surface area contributed by atoms with Gasteiger partial charge in [-0.1, -0.05) is 6.92 Å². The minimum Gasteiger partial charge on any atom is -0.469 e. The largest absolute Gasteiger partial charge is 0.469 e. The molecule has 1 saturated heterocycles. The Morgan fingerprint density at radius 1 is 1.48 bits per heavy atom. The van der Waals surface area contributed by atoms with Crippen LogP contribution in [0.5, 0.6) is 0 Å². The summed E-state index contributed by atoms with van der Waals surface area (Å²) in [5.74, 6) is 3.46. The molecule has 7 nitrogen and oxygen atoms in total. The highest BCUT2D eigenvalue weighted by Gasteiger charge is 2.24. The molecule has 1 fully saturated rings. The standard InChI is InChI=1S/C18H28N6O/c1-3-14(2)22-18(19-9-6-16-5-4-12-25-16)24-10-7-15(8-11-24)17-20-13-21-23-17/h4-5,12-15H,3,6-11H2,1-2H3,(H,19,22)(H,20,21,23). The third kappa shape index (κ3) is 4.84. The first-order chi connectivity index (χ1) is 12.3. The number of nitrogens with one attached hydrogen (secondary N) is 2. The molecule has 1 aliphatic rings. The summed E-state index contributed by atoms with van der Waals surface area (Å²) in [5.41, 5.74) is 0. The number of guanidine groups is 1. The molecule has 0 aromatic carbocycles. The van der Waals surface area contributed by atoms with Gasteiger partial charge in [-0.05, 0) is 38.3 Å². The van der Waals surface area contributed by atoms with Crippen molar-refractivity contribution in [2.24, 2.45) is 4.99 Å². The lowest BCUT2D eigenvalue weighted by molar-refractivity contribution is 0.295. The van der Waals surface area contributed by atoms with E-state index in [1.165, 1.54) is 0 Å². The van der Waals surface area contributed by atoms with Crippen LogP contribution in [0.25, 0.3) is 0 Å². The predicted molar refractivity (Wildman–Crippen MR) is 97.5 cm³/mol. The minimum absolute atomic E-state index is 0.411. The van der Waals surface area contributed by atoms with E-state index in [1.807, 2.05) is 12.1 Å². The van der Waals surface area contributed by atoms with Crippen molar-refractivity contribution in [3.8, 4) is 0 Å². The average molecular weight is 344 g/mol. The molecule has 1 aliphatic heterocycles. The molecule has 0 spiro atoms. The Labute approximate surface area is 148 Å². The first-order valence-electron chi connectivity index (χ1n) is 9.19. The van der Waals surface area contributed by atoms with Gasteiger partial charge in [-0.3, -0.25) is 10.1 Å². The molecule has 0 aliphatic carbocycles. The second kappa shape index (κ2) is 8.69. The first-order valence-corrected chi connectivity index (χ1v) is 9.19. The van der Waals surface area contributed by atoms with Crippen LogP contribution >= 0.6 is 0 Å². The third-order valence-corrected chi connectivity index (χ3v) is 4.80. The number of H-pyrrole nitrogens is 1. The van der Waals surface area contributed by atoms with E-state index in [0.29, 0.717) is 12.0 Å². The Morgan fingerprint density at radius 2 is 2.32 bits per heavy atom. The van der Waals surface area contributed by atoms with Crippen LogP contribution in [0.15, 0.2) is 34.1 Å². The van der Waals surface area contributed by atoms with E-state index >= 15 is 0 Å². The maximum atomic E-state index is 5.40. The van der Waals surface area contributed by atoms with E-state index in [-0.39, 0.29) is 0 Å². The van der Waals surface area contributed by atoms with Crippen LogP contribution in [0, 0.1) is 0 Å².